The van der Waals surface area contributed by atoms with Crippen LogP contribution in [0, 0.1) is 0 Å². The maximum absolute atomic E-state index is 11.2. The summed E-state index contributed by atoms with van der Waals surface area (Å²) in [6.07, 6.45) is 6.17. The van der Waals surface area contributed by atoms with E-state index < -0.39 is 0 Å². The van der Waals surface area contributed by atoms with Crippen LogP contribution in [0.4, 0.5) is 4.79 Å². The van der Waals surface area contributed by atoms with E-state index in [9.17, 15) is 4.79 Å². The van der Waals surface area contributed by atoms with Gasteiger partial charge in [0.1, 0.15) is 0 Å². The second kappa shape index (κ2) is 8.17. The number of allylic oxidation sites excluding steroid dienone is 1. The summed E-state index contributed by atoms with van der Waals surface area (Å²) >= 11 is 1.34. The predicted octanol–water partition coefficient (Wildman–Crippen LogP) is 3.19. The van der Waals surface area contributed by atoms with E-state index in [4.69, 9.17) is 0 Å². The molecule has 3 heteroatoms. The molecule has 0 heterocycles. The molecule has 0 aromatic rings. The van der Waals surface area contributed by atoms with E-state index in [0.29, 0.717) is 0 Å². The van der Waals surface area contributed by atoms with E-state index in [1.165, 1.54) is 11.8 Å². The summed E-state index contributed by atoms with van der Waals surface area (Å²) in [7, 11) is 0. The van der Waals surface area contributed by atoms with E-state index in [1.54, 1.807) is 0 Å². The van der Waals surface area contributed by atoms with Gasteiger partial charge in [0.2, 0.25) is 0 Å². The fourth-order valence-electron chi connectivity index (χ4n) is 0.888. The Morgan fingerprint density at radius 1 is 1.62 bits per heavy atom. The highest BCUT2D eigenvalue weighted by molar-refractivity contribution is 8.14. The number of nitrogens with one attached hydrogen (secondary N) is 1. The molecule has 13 heavy (non-hydrogen) atoms. The topological polar surface area (TPSA) is 29.1 Å². The van der Waals surface area contributed by atoms with Gasteiger partial charge in [0.25, 0.3) is 5.24 Å². The molecule has 0 aliphatic rings. The van der Waals surface area contributed by atoms with Gasteiger partial charge >= 0.3 is 0 Å². The van der Waals surface area contributed by atoms with Gasteiger partial charge in [-0.25, -0.2) is 0 Å². The lowest BCUT2D eigenvalue weighted by molar-refractivity contribution is 0.260. The Kier molecular flexibility index (Phi) is 7.90. The molecular weight excluding hydrogens is 182 g/mol. The van der Waals surface area contributed by atoms with E-state index in [2.05, 4.69) is 12.2 Å². The third-order valence-electron chi connectivity index (χ3n) is 1.56. The Bertz CT molecular complexity index is 168. The first-order chi connectivity index (χ1) is 6.20. The number of carbonyl (C=O) groups excluding carboxylic acids is 1. The van der Waals surface area contributed by atoms with Crippen molar-refractivity contribution in [2.45, 2.75) is 38.9 Å². The average Bonchev–Trinajstić information content (AvgIpc) is 2.05. The minimum Gasteiger partial charge on any atom is -0.347 e. The van der Waals surface area contributed by atoms with Crippen LogP contribution >= 0.6 is 11.8 Å². The molecule has 76 valence electrons. The molecule has 0 fully saturated rings. The average molecular weight is 201 g/mol. The highest BCUT2D eigenvalue weighted by Gasteiger charge is 2.04. The fourth-order valence-corrected chi connectivity index (χ4v) is 1.65. The molecule has 0 saturated heterocycles. The van der Waals surface area contributed by atoms with Crippen molar-refractivity contribution in [2.75, 3.05) is 6.54 Å². The highest BCUT2D eigenvalue weighted by Crippen LogP contribution is 2.12. The largest absolute Gasteiger partial charge is 0.347 e. The molecule has 0 radical (unpaired) electrons. The Morgan fingerprint density at radius 2 is 2.31 bits per heavy atom. The summed E-state index contributed by atoms with van der Waals surface area (Å²) < 4.78 is 0. The van der Waals surface area contributed by atoms with Crippen molar-refractivity contribution in [3.8, 4) is 0 Å². The Balaban J connectivity index is 3.50. The van der Waals surface area contributed by atoms with Crippen LogP contribution < -0.4 is 5.32 Å². The third kappa shape index (κ3) is 7.91. The second-order valence-electron chi connectivity index (χ2n) is 2.92. The molecule has 0 rings (SSSR count). The van der Waals surface area contributed by atoms with Crippen molar-refractivity contribution < 1.29 is 4.79 Å². The van der Waals surface area contributed by atoms with Crippen molar-refractivity contribution in [1.82, 2.24) is 5.32 Å². The van der Waals surface area contributed by atoms with E-state index in [1.807, 2.05) is 26.0 Å². The smallest absolute Gasteiger partial charge is 0.279 e. The quantitative estimate of drug-likeness (QED) is 0.546. The molecule has 0 spiro atoms. The number of hydrogen-bond acceptors (Lipinski definition) is 2. The van der Waals surface area contributed by atoms with Gasteiger partial charge in [0, 0.05) is 11.8 Å². The number of thioether (sulfide) groups is 1. The Hall–Kier alpha value is -0.440. The predicted molar refractivity (Wildman–Crippen MR) is 60.2 cm³/mol. The van der Waals surface area contributed by atoms with Gasteiger partial charge in [-0.1, -0.05) is 37.3 Å². The summed E-state index contributed by atoms with van der Waals surface area (Å²) in [6.45, 7) is 6.89. The third-order valence-corrected chi connectivity index (χ3v) is 2.44. The molecule has 1 atom stereocenters. The molecule has 0 aromatic heterocycles. The van der Waals surface area contributed by atoms with Crippen LogP contribution in [0.3, 0.4) is 0 Å². The Labute approximate surface area is 85.2 Å². The van der Waals surface area contributed by atoms with Gasteiger partial charge in [-0.15, -0.1) is 0 Å². The van der Waals surface area contributed by atoms with Gasteiger partial charge in [-0.3, -0.25) is 4.79 Å². The lowest BCUT2D eigenvalue weighted by atomic mass is 10.3. The van der Waals surface area contributed by atoms with Gasteiger partial charge in [-0.2, -0.15) is 0 Å². The van der Waals surface area contributed by atoms with E-state index in [-0.39, 0.29) is 10.5 Å². The van der Waals surface area contributed by atoms with Crippen molar-refractivity contribution in [3.05, 3.63) is 12.2 Å². The summed E-state index contributed by atoms with van der Waals surface area (Å²) in [6, 6.07) is 0. The van der Waals surface area contributed by atoms with Gasteiger partial charge in [0.05, 0.1) is 0 Å². The second-order valence-corrected chi connectivity index (χ2v) is 4.27. The summed E-state index contributed by atoms with van der Waals surface area (Å²) in [5.74, 6) is 0. The molecule has 1 amide bonds. The zero-order valence-corrected chi connectivity index (χ0v) is 9.49. The summed E-state index contributed by atoms with van der Waals surface area (Å²) in [4.78, 5) is 11.2. The SMILES string of the molecule is C/C=C/[C@@H](C)SC(=O)NCCCC. The van der Waals surface area contributed by atoms with Gasteiger partial charge in [0.15, 0.2) is 0 Å². The van der Waals surface area contributed by atoms with Crippen LogP contribution in [0.25, 0.3) is 0 Å². The van der Waals surface area contributed by atoms with Crippen LogP contribution in [0.15, 0.2) is 12.2 Å². The van der Waals surface area contributed by atoms with Crippen LogP contribution in [0.5, 0.6) is 0 Å². The molecule has 0 aliphatic heterocycles. The molecule has 0 unspecified atom stereocenters. The highest BCUT2D eigenvalue weighted by atomic mass is 32.2. The maximum Gasteiger partial charge on any atom is 0.279 e. The minimum atomic E-state index is 0.0825. The summed E-state index contributed by atoms with van der Waals surface area (Å²) in [5, 5.41) is 3.22. The Morgan fingerprint density at radius 3 is 2.85 bits per heavy atom. The molecule has 1 N–H and O–H groups in total. The number of hydrogen-bond donors (Lipinski definition) is 1. The lowest BCUT2D eigenvalue weighted by Crippen LogP contribution is -2.21. The van der Waals surface area contributed by atoms with Crippen molar-refractivity contribution in [1.29, 1.82) is 0 Å². The van der Waals surface area contributed by atoms with Gasteiger partial charge in [-0.05, 0) is 20.3 Å². The van der Waals surface area contributed by atoms with Crippen molar-refractivity contribution in [3.63, 3.8) is 0 Å². The minimum absolute atomic E-state index is 0.0825. The van der Waals surface area contributed by atoms with Gasteiger partial charge < -0.3 is 5.32 Å². The molecule has 2 nitrogen and oxygen atoms in total. The van der Waals surface area contributed by atoms with Crippen LogP contribution in [0.1, 0.15) is 33.6 Å². The first kappa shape index (κ1) is 12.6. The lowest BCUT2D eigenvalue weighted by Gasteiger charge is -2.06. The number of carbonyl (C=O) groups is 1. The number of rotatable bonds is 5. The monoisotopic (exact) mass is 201 g/mol. The van der Waals surface area contributed by atoms with Crippen LogP contribution in [0.2, 0.25) is 0 Å². The summed E-state index contributed by atoms with van der Waals surface area (Å²) in [5.41, 5.74) is 0. The zero-order chi connectivity index (χ0) is 10.1. The molecule has 0 saturated carbocycles. The maximum atomic E-state index is 11.2. The fraction of sp³-hybridized carbons (Fsp3) is 0.700. The number of amides is 1. The molecular formula is C10H19NOS. The molecule has 0 aliphatic carbocycles. The van der Waals surface area contributed by atoms with Crippen LogP contribution in [-0.4, -0.2) is 17.0 Å². The normalized spacial score (nSPS) is 13.2. The van der Waals surface area contributed by atoms with E-state index in [0.717, 1.165) is 19.4 Å². The zero-order valence-electron chi connectivity index (χ0n) is 8.67. The molecule has 0 aromatic carbocycles. The standard InChI is InChI=1S/C10H19NOS/c1-4-6-8-11-10(12)13-9(3)7-5-2/h5,7,9H,4,6,8H2,1-3H3,(H,11,12)/b7-5+/t9-/m1/s1. The van der Waals surface area contributed by atoms with Crippen LogP contribution in [-0.2, 0) is 0 Å². The van der Waals surface area contributed by atoms with Crippen molar-refractivity contribution in [2.24, 2.45) is 0 Å². The van der Waals surface area contributed by atoms with Crippen molar-refractivity contribution >= 4 is 17.0 Å². The first-order valence-corrected chi connectivity index (χ1v) is 5.66. The van der Waals surface area contributed by atoms with E-state index >= 15 is 0 Å². The first-order valence-electron chi connectivity index (χ1n) is 4.78. The molecule has 0 bridgehead atoms. The number of unbranched alkanes of at least 4 members (excludes halogenated alkanes) is 1.